The van der Waals surface area contributed by atoms with E-state index in [0.717, 1.165) is 19.3 Å². The number of aliphatic carboxylic acids is 2. The fourth-order valence-electron chi connectivity index (χ4n) is 2.26. The summed E-state index contributed by atoms with van der Waals surface area (Å²) in [6.45, 7) is 3.67. The minimum Gasteiger partial charge on any atom is -0.481 e. The molecule has 2 unspecified atom stereocenters. The van der Waals surface area contributed by atoms with Crippen LogP contribution in [0.15, 0.2) is 0 Å². The molecule has 0 saturated carbocycles. The summed E-state index contributed by atoms with van der Waals surface area (Å²) >= 11 is 0. The zero-order valence-corrected chi connectivity index (χ0v) is 12.2. The predicted octanol–water partition coefficient (Wildman–Crippen LogP) is 3.94. The molecule has 0 saturated heterocycles. The topological polar surface area (TPSA) is 74.6 Å². The summed E-state index contributed by atoms with van der Waals surface area (Å²) in [5, 5.41) is 17.9. The van der Waals surface area contributed by atoms with Gasteiger partial charge in [0.2, 0.25) is 0 Å². The van der Waals surface area contributed by atoms with Gasteiger partial charge in [-0.3, -0.25) is 9.59 Å². The first kappa shape index (κ1) is 17.9. The minimum absolute atomic E-state index is 0.470. The summed E-state index contributed by atoms with van der Waals surface area (Å²) in [6, 6.07) is 0. The molecule has 0 aliphatic heterocycles. The second-order valence-electron chi connectivity index (χ2n) is 5.34. The van der Waals surface area contributed by atoms with Gasteiger partial charge < -0.3 is 10.2 Å². The predicted molar refractivity (Wildman–Crippen MR) is 75.2 cm³/mol. The van der Waals surface area contributed by atoms with E-state index in [9.17, 15) is 9.59 Å². The molecule has 0 rings (SSSR count). The van der Waals surface area contributed by atoms with Gasteiger partial charge >= 0.3 is 11.9 Å². The third kappa shape index (κ3) is 8.62. The summed E-state index contributed by atoms with van der Waals surface area (Å²) in [4.78, 5) is 21.8. The number of carboxylic acids is 2. The highest BCUT2D eigenvalue weighted by atomic mass is 16.4. The van der Waals surface area contributed by atoms with Crippen molar-refractivity contribution in [2.45, 2.75) is 71.6 Å². The molecule has 0 aliphatic rings. The molecule has 112 valence electrons. The van der Waals surface area contributed by atoms with E-state index in [4.69, 9.17) is 10.2 Å². The number of hydrogen-bond acceptors (Lipinski definition) is 2. The molecule has 0 fully saturated rings. The molecule has 0 amide bonds. The van der Waals surface area contributed by atoms with Crippen molar-refractivity contribution in [3.8, 4) is 0 Å². The lowest BCUT2D eigenvalue weighted by atomic mass is 9.89. The Labute approximate surface area is 116 Å². The van der Waals surface area contributed by atoms with Crippen molar-refractivity contribution in [2.24, 2.45) is 11.8 Å². The average molecular weight is 272 g/mol. The van der Waals surface area contributed by atoms with Crippen molar-refractivity contribution < 1.29 is 19.8 Å². The Morgan fingerprint density at radius 3 is 1.74 bits per heavy atom. The van der Waals surface area contributed by atoms with Gasteiger partial charge in [-0.1, -0.05) is 65.2 Å². The monoisotopic (exact) mass is 272 g/mol. The fourth-order valence-corrected chi connectivity index (χ4v) is 2.26. The third-order valence-corrected chi connectivity index (χ3v) is 3.68. The summed E-state index contributed by atoms with van der Waals surface area (Å²) in [5.74, 6) is -3.57. The van der Waals surface area contributed by atoms with Crippen LogP contribution in [0.1, 0.15) is 71.6 Å². The molecule has 4 nitrogen and oxygen atoms in total. The average Bonchev–Trinajstić information content (AvgIpc) is 2.35. The SMILES string of the molecule is CCCCCCCCCCC(C(=O)O)C(C)C(=O)O. The Balaban J connectivity index is 3.71. The van der Waals surface area contributed by atoms with Crippen LogP contribution in [0.25, 0.3) is 0 Å². The molecule has 4 heteroatoms. The Bertz CT molecular complexity index is 263. The summed E-state index contributed by atoms with van der Waals surface area (Å²) in [6.07, 6.45) is 9.67. The Kier molecular flexibility index (Phi) is 10.2. The maximum atomic E-state index is 11.0. The highest BCUT2D eigenvalue weighted by Crippen LogP contribution is 2.20. The molecule has 0 aromatic heterocycles. The van der Waals surface area contributed by atoms with Gasteiger partial charge in [0, 0.05) is 0 Å². The number of carboxylic acid groups (broad SMARTS) is 2. The number of rotatable bonds is 12. The van der Waals surface area contributed by atoms with Gasteiger partial charge in [0.25, 0.3) is 0 Å². The van der Waals surface area contributed by atoms with Crippen LogP contribution < -0.4 is 0 Å². The van der Waals surface area contributed by atoms with Crippen LogP contribution in [0, 0.1) is 11.8 Å². The second kappa shape index (κ2) is 10.8. The van der Waals surface area contributed by atoms with E-state index in [1.807, 2.05) is 0 Å². The first-order chi connectivity index (χ1) is 9.00. The third-order valence-electron chi connectivity index (χ3n) is 3.68. The lowest BCUT2D eigenvalue weighted by Crippen LogP contribution is -2.27. The zero-order valence-electron chi connectivity index (χ0n) is 12.2. The molecule has 0 radical (unpaired) electrons. The van der Waals surface area contributed by atoms with Crippen molar-refractivity contribution in [3.05, 3.63) is 0 Å². The lowest BCUT2D eigenvalue weighted by molar-refractivity contribution is -0.153. The van der Waals surface area contributed by atoms with Gasteiger partial charge in [-0.15, -0.1) is 0 Å². The molecule has 0 spiro atoms. The molecule has 2 atom stereocenters. The fraction of sp³-hybridized carbons (Fsp3) is 0.867. The van der Waals surface area contributed by atoms with Crippen LogP contribution >= 0.6 is 0 Å². The second-order valence-corrected chi connectivity index (χ2v) is 5.34. The van der Waals surface area contributed by atoms with Gasteiger partial charge in [0.15, 0.2) is 0 Å². The van der Waals surface area contributed by atoms with E-state index >= 15 is 0 Å². The van der Waals surface area contributed by atoms with Crippen molar-refractivity contribution in [3.63, 3.8) is 0 Å². The molecule has 0 aromatic rings. The van der Waals surface area contributed by atoms with Gasteiger partial charge in [0.05, 0.1) is 11.8 Å². The highest BCUT2D eigenvalue weighted by Gasteiger charge is 2.29. The minimum atomic E-state index is -1.02. The van der Waals surface area contributed by atoms with E-state index in [0.29, 0.717) is 6.42 Å². The molecule has 0 bridgehead atoms. The summed E-state index contributed by atoms with van der Waals surface area (Å²) in [7, 11) is 0. The van der Waals surface area contributed by atoms with Crippen LogP contribution in [0.2, 0.25) is 0 Å². The molecular formula is C15H28O4. The normalized spacial score (nSPS) is 14.0. The highest BCUT2D eigenvalue weighted by molar-refractivity contribution is 5.79. The van der Waals surface area contributed by atoms with Crippen LogP contribution in [0.3, 0.4) is 0 Å². The van der Waals surface area contributed by atoms with Crippen LogP contribution in [-0.2, 0) is 9.59 Å². The van der Waals surface area contributed by atoms with Crippen LogP contribution in [0.5, 0.6) is 0 Å². The standard InChI is InChI=1S/C15H28O4/c1-3-4-5-6-7-8-9-10-11-13(15(18)19)12(2)14(16)17/h12-13H,3-11H2,1-2H3,(H,16,17)(H,18,19). The maximum Gasteiger partial charge on any atom is 0.307 e. The van der Waals surface area contributed by atoms with E-state index in [1.54, 1.807) is 0 Å². The lowest BCUT2D eigenvalue weighted by Gasteiger charge is -2.16. The first-order valence-electron chi connectivity index (χ1n) is 7.46. The quantitative estimate of drug-likeness (QED) is 0.528. The van der Waals surface area contributed by atoms with E-state index < -0.39 is 23.8 Å². The van der Waals surface area contributed by atoms with Gasteiger partial charge in [0.1, 0.15) is 0 Å². The van der Waals surface area contributed by atoms with Crippen molar-refractivity contribution in [1.29, 1.82) is 0 Å². The number of carbonyl (C=O) groups is 2. The largest absolute Gasteiger partial charge is 0.481 e. The molecule has 19 heavy (non-hydrogen) atoms. The Hall–Kier alpha value is -1.06. The molecule has 0 aromatic carbocycles. The van der Waals surface area contributed by atoms with Gasteiger partial charge in [-0.2, -0.15) is 0 Å². The van der Waals surface area contributed by atoms with E-state index in [2.05, 4.69) is 6.92 Å². The first-order valence-corrected chi connectivity index (χ1v) is 7.46. The number of hydrogen-bond donors (Lipinski definition) is 2. The Morgan fingerprint density at radius 2 is 1.32 bits per heavy atom. The number of unbranched alkanes of at least 4 members (excludes halogenated alkanes) is 7. The van der Waals surface area contributed by atoms with E-state index in [-0.39, 0.29) is 0 Å². The van der Waals surface area contributed by atoms with E-state index in [1.165, 1.54) is 39.0 Å². The zero-order chi connectivity index (χ0) is 14.7. The molecule has 0 aliphatic carbocycles. The van der Waals surface area contributed by atoms with Crippen molar-refractivity contribution in [1.82, 2.24) is 0 Å². The molecule has 2 N–H and O–H groups in total. The Morgan fingerprint density at radius 1 is 0.842 bits per heavy atom. The van der Waals surface area contributed by atoms with Crippen molar-refractivity contribution >= 4 is 11.9 Å². The van der Waals surface area contributed by atoms with Crippen molar-refractivity contribution in [2.75, 3.05) is 0 Å². The van der Waals surface area contributed by atoms with Gasteiger partial charge in [-0.05, 0) is 6.42 Å². The summed E-state index contributed by atoms with van der Waals surface area (Å²) < 4.78 is 0. The molecule has 0 heterocycles. The maximum absolute atomic E-state index is 11.0. The smallest absolute Gasteiger partial charge is 0.307 e. The summed E-state index contributed by atoms with van der Waals surface area (Å²) in [5.41, 5.74) is 0. The van der Waals surface area contributed by atoms with Gasteiger partial charge in [-0.25, -0.2) is 0 Å². The van der Waals surface area contributed by atoms with Crippen LogP contribution in [0.4, 0.5) is 0 Å². The van der Waals surface area contributed by atoms with Crippen LogP contribution in [-0.4, -0.2) is 22.2 Å². The molecular weight excluding hydrogens is 244 g/mol.